The maximum atomic E-state index is 13.4. The second kappa shape index (κ2) is 10.5. The Bertz CT molecular complexity index is 1200. The first kappa shape index (κ1) is 25.0. The summed E-state index contributed by atoms with van der Waals surface area (Å²) < 4.78 is 45.4. The number of fused-ring (bicyclic) bond motifs is 1. The zero-order valence-corrected chi connectivity index (χ0v) is 20.3. The summed E-state index contributed by atoms with van der Waals surface area (Å²) in [7, 11) is -0.156. The van der Waals surface area contributed by atoms with E-state index in [1.54, 1.807) is 42.5 Å². The summed E-state index contributed by atoms with van der Waals surface area (Å²) in [5.74, 6) is 0.107. The van der Waals surface area contributed by atoms with Gasteiger partial charge in [0.2, 0.25) is 9.84 Å². The molecule has 3 aromatic rings. The molecule has 0 spiro atoms. The first-order valence-electron chi connectivity index (χ1n) is 10.6. The van der Waals surface area contributed by atoms with Crippen LogP contribution >= 0.6 is 12.4 Å². The predicted molar refractivity (Wildman–Crippen MR) is 131 cm³/mol. The van der Waals surface area contributed by atoms with E-state index in [1.807, 2.05) is 6.07 Å². The summed E-state index contributed by atoms with van der Waals surface area (Å²) >= 11 is 0. The normalized spacial score (nSPS) is 14.0. The molecule has 0 atom stereocenters. The summed E-state index contributed by atoms with van der Waals surface area (Å²) in [5, 5.41) is 3.23. The molecule has 0 aliphatic carbocycles. The zero-order chi connectivity index (χ0) is 22.7. The summed E-state index contributed by atoms with van der Waals surface area (Å²) in [6.45, 7) is 2.35. The van der Waals surface area contributed by atoms with Crippen molar-refractivity contribution in [3.8, 4) is 5.75 Å². The molecule has 0 saturated carbocycles. The minimum Gasteiger partial charge on any atom is -0.495 e. The Hall–Kier alpha value is -2.61. The van der Waals surface area contributed by atoms with Crippen LogP contribution in [0.1, 0.15) is 16.7 Å². The van der Waals surface area contributed by atoms with Crippen molar-refractivity contribution in [3.05, 3.63) is 83.2 Å². The Balaban J connectivity index is 0.00000306. The number of rotatable bonds is 6. The first-order valence-corrected chi connectivity index (χ1v) is 12.1. The molecule has 33 heavy (non-hydrogen) atoms. The van der Waals surface area contributed by atoms with Crippen LogP contribution in [0.4, 0.5) is 10.1 Å². The molecule has 1 heterocycles. The SMILES string of the molecule is COc1cc2c(cc1S(=O)(=O)c1ccc(NCc3ccc(F)cc3)cc1)CCN(C)CC2.Cl. The molecule has 176 valence electrons. The van der Waals surface area contributed by atoms with Gasteiger partial charge in [0.1, 0.15) is 16.5 Å². The van der Waals surface area contributed by atoms with Gasteiger partial charge >= 0.3 is 0 Å². The van der Waals surface area contributed by atoms with E-state index in [2.05, 4.69) is 17.3 Å². The van der Waals surface area contributed by atoms with Crippen molar-refractivity contribution in [1.82, 2.24) is 4.90 Å². The van der Waals surface area contributed by atoms with Gasteiger partial charge in [-0.25, -0.2) is 12.8 Å². The minimum absolute atomic E-state index is 0. The molecule has 1 aliphatic heterocycles. The average Bonchev–Trinajstić information content (AvgIpc) is 2.99. The number of benzene rings is 3. The van der Waals surface area contributed by atoms with Crippen LogP contribution in [0.5, 0.6) is 5.75 Å². The number of ether oxygens (including phenoxy) is 1. The maximum absolute atomic E-state index is 13.4. The lowest BCUT2D eigenvalue weighted by Gasteiger charge is -2.15. The van der Waals surface area contributed by atoms with Crippen LogP contribution in [0.2, 0.25) is 0 Å². The number of hydrogen-bond donors (Lipinski definition) is 1. The lowest BCUT2D eigenvalue weighted by Crippen LogP contribution is -2.20. The molecular weight excluding hydrogens is 463 g/mol. The number of methoxy groups -OCH3 is 1. The molecule has 0 radical (unpaired) electrons. The van der Waals surface area contributed by atoms with Gasteiger partial charge < -0.3 is 15.0 Å². The van der Waals surface area contributed by atoms with E-state index in [4.69, 9.17) is 4.74 Å². The Labute approximate surface area is 200 Å². The lowest BCUT2D eigenvalue weighted by atomic mass is 10.0. The number of likely N-dealkylation sites (N-methyl/N-ethyl adjacent to an activating group) is 1. The molecule has 1 N–H and O–H groups in total. The largest absolute Gasteiger partial charge is 0.495 e. The third kappa shape index (κ3) is 5.66. The fourth-order valence-electron chi connectivity index (χ4n) is 3.90. The van der Waals surface area contributed by atoms with Crippen molar-refractivity contribution >= 4 is 27.9 Å². The molecule has 1 aliphatic rings. The maximum Gasteiger partial charge on any atom is 0.210 e. The van der Waals surface area contributed by atoms with Gasteiger partial charge in [-0.2, -0.15) is 0 Å². The second-order valence-corrected chi connectivity index (χ2v) is 10.0. The Morgan fingerprint density at radius 1 is 0.970 bits per heavy atom. The smallest absolute Gasteiger partial charge is 0.210 e. The van der Waals surface area contributed by atoms with Crippen LogP contribution in [0.15, 0.2) is 70.5 Å². The van der Waals surface area contributed by atoms with Crippen molar-refractivity contribution < 1.29 is 17.5 Å². The average molecular weight is 491 g/mol. The van der Waals surface area contributed by atoms with Crippen molar-refractivity contribution in [2.24, 2.45) is 0 Å². The van der Waals surface area contributed by atoms with Gasteiger partial charge in [-0.15, -0.1) is 12.4 Å². The summed E-state index contributed by atoms with van der Waals surface area (Å²) in [6.07, 6.45) is 1.68. The Morgan fingerprint density at radius 3 is 2.18 bits per heavy atom. The van der Waals surface area contributed by atoms with E-state index >= 15 is 0 Å². The second-order valence-electron chi connectivity index (χ2n) is 8.08. The van der Waals surface area contributed by atoms with E-state index < -0.39 is 9.84 Å². The van der Waals surface area contributed by atoms with Crippen molar-refractivity contribution in [3.63, 3.8) is 0 Å². The molecule has 0 fully saturated rings. The van der Waals surface area contributed by atoms with E-state index in [0.29, 0.717) is 12.3 Å². The summed E-state index contributed by atoms with van der Waals surface area (Å²) in [4.78, 5) is 2.67. The standard InChI is InChI=1S/C25H27FN2O3S.ClH/c1-28-13-11-19-15-24(31-2)25(16-20(19)12-14-28)32(29,30)23-9-7-22(8-10-23)27-17-18-3-5-21(26)6-4-18;/h3-10,15-16,27H,11-14,17H2,1-2H3;1H. The van der Waals surface area contributed by atoms with E-state index in [9.17, 15) is 12.8 Å². The molecule has 4 rings (SSSR count). The molecule has 0 unspecified atom stereocenters. The highest BCUT2D eigenvalue weighted by molar-refractivity contribution is 7.91. The highest BCUT2D eigenvalue weighted by atomic mass is 35.5. The fourth-order valence-corrected chi connectivity index (χ4v) is 5.35. The van der Waals surface area contributed by atoms with E-state index in [1.165, 1.54) is 19.2 Å². The van der Waals surface area contributed by atoms with Gasteiger partial charge in [-0.05, 0) is 85.1 Å². The van der Waals surface area contributed by atoms with Crippen LogP contribution in [-0.4, -0.2) is 40.6 Å². The van der Waals surface area contributed by atoms with Gasteiger partial charge in [0.25, 0.3) is 0 Å². The van der Waals surface area contributed by atoms with Crippen LogP contribution in [0.25, 0.3) is 0 Å². The molecule has 5 nitrogen and oxygen atoms in total. The minimum atomic E-state index is -3.74. The predicted octanol–water partition coefficient (Wildman–Crippen LogP) is 4.73. The van der Waals surface area contributed by atoms with Gasteiger partial charge in [0, 0.05) is 25.3 Å². The van der Waals surface area contributed by atoms with Crippen LogP contribution < -0.4 is 10.1 Å². The third-order valence-electron chi connectivity index (χ3n) is 5.88. The number of halogens is 2. The molecule has 8 heteroatoms. The van der Waals surface area contributed by atoms with Crippen molar-refractivity contribution in [2.45, 2.75) is 29.2 Å². The Morgan fingerprint density at radius 2 is 1.58 bits per heavy atom. The molecule has 0 aromatic heterocycles. The van der Waals surface area contributed by atoms with Crippen LogP contribution in [0, 0.1) is 5.82 Å². The number of nitrogens with one attached hydrogen (secondary N) is 1. The number of anilines is 1. The number of sulfone groups is 1. The van der Waals surface area contributed by atoms with Gasteiger partial charge in [0.05, 0.1) is 12.0 Å². The summed E-state index contributed by atoms with van der Waals surface area (Å²) in [5.41, 5.74) is 3.92. The first-order chi connectivity index (χ1) is 15.4. The van der Waals surface area contributed by atoms with Gasteiger partial charge in [-0.3, -0.25) is 0 Å². The van der Waals surface area contributed by atoms with Crippen molar-refractivity contribution in [1.29, 1.82) is 0 Å². The van der Waals surface area contributed by atoms with Gasteiger partial charge in [-0.1, -0.05) is 12.1 Å². The molecule has 3 aromatic carbocycles. The topological polar surface area (TPSA) is 58.6 Å². The quantitative estimate of drug-likeness (QED) is 0.541. The third-order valence-corrected chi connectivity index (χ3v) is 7.67. The molecule has 0 saturated heterocycles. The van der Waals surface area contributed by atoms with Gasteiger partial charge in [0.15, 0.2) is 0 Å². The van der Waals surface area contributed by atoms with Crippen LogP contribution in [-0.2, 0) is 29.2 Å². The highest BCUT2D eigenvalue weighted by Gasteiger charge is 2.25. The fraction of sp³-hybridized carbons (Fsp3) is 0.280. The summed E-state index contributed by atoms with van der Waals surface area (Å²) in [6, 6.07) is 16.6. The zero-order valence-electron chi connectivity index (χ0n) is 18.7. The van der Waals surface area contributed by atoms with E-state index in [0.717, 1.165) is 48.3 Å². The monoisotopic (exact) mass is 490 g/mol. The molecule has 0 bridgehead atoms. The number of nitrogens with zero attached hydrogens (tertiary/aromatic N) is 1. The molecule has 0 amide bonds. The number of hydrogen-bond acceptors (Lipinski definition) is 5. The van der Waals surface area contributed by atoms with E-state index in [-0.39, 0.29) is 28.0 Å². The molecular formula is C25H28ClFN2O3S. The van der Waals surface area contributed by atoms with Crippen molar-refractivity contribution in [2.75, 3.05) is 32.6 Å². The van der Waals surface area contributed by atoms with Crippen LogP contribution in [0.3, 0.4) is 0 Å². The highest BCUT2D eigenvalue weighted by Crippen LogP contribution is 2.34. The lowest BCUT2D eigenvalue weighted by molar-refractivity contribution is 0.352. The Kier molecular flexibility index (Phi) is 8.00.